The zero-order chi connectivity index (χ0) is 22.9. The lowest BCUT2D eigenvalue weighted by Gasteiger charge is -2.33. The number of carbonyl (C=O) groups is 1. The minimum atomic E-state index is -4.35. The largest absolute Gasteiger partial charge is 0.416 e. The summed E-state index contributed by atoms with van der Waals surface area (Å²) in [4.78, 5) is 13.3. The molecule has 1 amide bonds. The molecular weight excluding hydrogens is 393 g/mol. The van der Waals surface area contributed by atoms with Gasteiger partial charge in [0, 0.05) is 38.2 Å². The molecule has 5 nitrogen and oxygen atoms in total. The van der Waals surface area contributed by atoms with E-state index in [0.29, 0.717) is 25.2 Å². The first kappa shape index (κ1) is 25.3. The summed E-state index contributed by atoms with van der Waals surface area (Å²) in [5, 5.41) is 7.15. The van der Waals surface area contributed by atoms with Crippen molar-refractivity contribution in [1.29, 1.82) is 0 Å². The number of nitrogens with zero attached hydrogens (tertiary/aromatic N) is 3. The van der Waals surface area contributed by atoms with Crippen molar-refractivity contribution in [3.8, 4) is 11.1 Å². The van der Waals surface area contributed by atoms with Crippen LogP contribution in [0.15, 0.2) is 43.1 Å². The number of hydrogen-bond donors (Lipinski definition) is 1. The smallest absolute Gasteiger partial charge is 0.359 e. The maximum Gasteiger partial charge on any atom is 0.416 e. The molecule has 8 heteroatoms. The van der Waals surface area contributed by atoms with E-state index in [4.69, 9.17) is 0 Å². The molecule has 1 N–H and O–H groups in total. The standard InChI is InChI=1S/C18H19F3N4O.2C2H6/c1-3-16(26)22-8-12-10-24(2)17-15(9-23-25(17)11-12)13-4-6-14(7-5-13)18(19,20)21;2*1-2/h3-7,9,12H,1,8,10-11H2,2H3,(H,22,26);2*1-2H3. The number of hydrogen-bond acceptors (Lipinski definition) is 3. The molecule has 0 bridgehead atoms. The molecule has 1 unspecified atom stereocenters. The summed E-state index contributed by atoms with van der Waals surface area (Å²) < 4.78 is 40.0. The van der Waals surface area contributed by atoms with Crippen molar-refractivity contribution >= 4 is 11.7 Å². The van der Waals surface area contributed by atoms with Gasteiger partial charge in [-0.15, -0.1) is 0 Å². The maximum absolute atomic E-state index is 12.7. The molecule has 30 heavy (non-hydrogen) atoms. The number of benzene rings is 1. The molecule has 2 heterocycles. The average molecular weight is 425 g/mol. The first-order valence-corrected chi connectivity index (χ1v) is 10.1. The summed E-state index contributed by atoms with van der Waals surface area (Å²) in [5.41, 5.74) is 0.799. The van der Waals surface area contributed by atoms with E-state index in [1.54, 1.807) is 6.20 Å². The summed E-state index contributed by atoms with van der Waals surface area (Å²) in [5.74, 6) is 0.817. The van der Waals surface area contributed by atoms with Gasteiger partial charge in [-0.05, 0) is 23.8 Å². The predicted molar refractivity (Wildman–Crippen MR) is 115 cm³/mol. The van der Waals surface area contributed by atoms with Crippen molar-refractivity contribution in [1.82, 2.24) is 15.1 Å². The Labute approximate surface area is 176 Å². The fourth-order valence-corrected chi connectivity index (χ4v) is 3.18. The molecule has 166 valence electrons. The number of alkyl halides is 3. The van der Waals surface area contributed by atoms with Crippen molar-refractivity contribution in [2.45, 2.75) is 40.4 Å². The zero-order valence-electron chi connectivity index (χ0n) is 18.3. The molecule has 0 radical (unpaired) electrons. The van der Waals surface area contributed by atoms with E-state index < -0.39 is 11.7 Å². The Morgan fingerprint density at radius 3 is 2.33 bits per heavy atom. The number of aromatic nitrogens is 2. The number of nitrogens with one attached hydrogen (secondary N) is 1. The molecule has 1 aromatic carbocycles. The van der Waals surface area contributed by atoms with E-state index in [2.05, 4.69) is 17.0 Å². The summed E-state index contributed by atoms with van der Waals surface area (Å²) in [6.07, 6.45) is -1.45. The molecule has 1 aliphatic heterocycles. The molecule has 3 rings (SSSR count). The highest BCUT2D eigenvalue weighted by molar-refractivity contribution is 5.86. The van der Waals surface area contributed by atoms with Crippen molar-refractivity contribution in [3.05, 3.63) is 48.7 Å². The Kier molecular flexibility index (Phi) is 9.62. The molecule has 0 fully saturated rings. The highest BCUT2D eigenvalue weighted by atomic mass is 19.4. The lowest BCUT2D eigenvalue weighted by atomic mass is 10.0. The highest BCUT2D eigenvalue weighted by Gasteiger charge is 2.31. The lowest BCUT2D eigenvalue weighted by molar-refractivity contribution is -0.137. The molecule has 1 aromatic heterocycles. The van der Waals surface area contributed by atoms with Gasteiger partial charge in [0.15, 0.2) is 0 Å². The van der Waals surface area contributed by atoms with Gasteiger partial charge in [0.25, 0.3) is 0 Å². The Hall–Kier alpha value is -2.77. The number of carbonyl (C=O) groups excluding carboxylic acids is 1. The van der Waals surface area contributed by atoms with Crippen LogP contribution in [0.5, 0.6) is 0 Å². The second kappa shape index (κ2) is 11.4. The SMILES string of the molecule is C=CC(=O)NCC1CN(C)c2c(-c3ccc(C(F)(F)F)cc3)cnn2C1.CC.CC. The third kappa shape index (κ3) is 6.11. The Balaban J connectivity index is 0.00000106. The van der Waals surface area contributed by atoms with Gasteiger partial charge < -0.3 is 10.2 Å². The molecule has 1 aliphatic rings. The fourth-order valence-electron chi connectivity index (χ4n) is 3.18. The zero-order valence-corrected chi connectivity index (χ0v) is 18.3. The third-order valence-corrected chi connectivity index (χ3v) is 4.41. The van der Waals surface area contributed by atoms with E-state index in [9.17, 15) is 18.0 Å². The van der Waals surface area contributed by atoms with Crippen LogP contribution in [0, 0.1) is 5.92 Å². The van der Waals surface area contributed by atoms with Gasteiger partial charge in [0.2, 0.25) is 5.91 Å². The van der Waals surface area contributed by atoms with E-state index in [1.165, 1.54) is 18.2 Å². The van der Waals surface area contributed by atoms with Crippen LogP contribution < -0.4 is 10.2 Å². The molecule has 0 saturated heterocycles. The molecule has 0 aliphatic carbocycles. The number of fused-ring (bicyclic) bond motifs is 1. The first-order chi connectivity index (χ1) is 14.3. The molecule has 1 atom stereocenters. The normalized spacial score (nSPS) is 15.1. The van der Waals surface area contributed by atoms with E-state index in [-0.39, 0.29) is 11.8 Å². The van der Waals surface area contributed by atoms with Crippen LogP contribution in [0.1, 0.15) is 33.3 Å². The van der Waals surface area contributed by atoms with Crippen LogP contribution >= 0.6 is 0 Å². The number of anilines is 1. The van der Waals surface area contributed by atoms with Gasteiger partial charge in [0.1, 0.15) is 5.82 Å². The van der Waals surface area contributed by atoms with Gasteiger partial charge in [0.05, 0.1) is 11.8 Å². The topological polar surface area (TPSA) is 50.2 Å². The van der Waals surface area contributed by atoms with Crippen LogP contribution in [0.3, 0.4) is 0 Å². The third-order valence-electron chi connectivity index (χ3n) is 4.41. The average Bonchev–Trinajstić information content (AvgIpc) is 3.19. The van der Waals surface area contributed by atoms with Crippen molar-refractivity contribution < 1.29 is 18.0 Å². The van der Waals surface area contributed by atoms with Gasteiger partial charge >= 0.3 is 6.18 Å². The summed E-state index contributed by atoms with van der Waals surface area (Å²) in [7, 11) is 1.91. The quantitative estimate of drug-likeness (QED) is 0.704. The fraction of sp³-hybridized carbons (Fsp3) is 0.455. The van der Waals surface area contributed by atoms with Gasteiger partial charge in [-0.25, -0.2) is 4.68 Å². The monoisotopic (exact) mass is 424 g/mol. The minimum absolute atomic E-state index is 0.178. The van der Waals surface area contributed by atoms with Gasteiger partial charge in [-0.2, -0.15) is 18.3 Å². The van der Waals surface area contributed by atoms with E-state index >= 15 is 0 Å². The molecule has 2 aromatic rings. The molecule has 0 spiro atoms. The molecule has 0 saturated carbocycles. The number of amides is 1. The van der Waals surface area contributed by atoms with Crippen LogP contribution in [0.4, 0.5) is 19.0 Å². The minimum Gasteiger partial charge on any atom is -0.359 e. The van der Waals surface area contributed by atoms with Gasteiger partial charge in [-0.3, -0.25) is 4.79 Å². The highest BCUT2D eigenvalue weighted by Crippen LogP contribution is 2.36. The van der Waals surface area contributed by atoms with Crippen molar-refractivity contribution in [3.63, 3.8) is 0 Å². The van der Waals surface area contributed by atoms with Crippen LogP contribution in [-0.2, 0) is 17.5 Å². The summed E-state index contributed by atoms with van der Waals surface area (Å²) >= 11 is 0. The van der Waals surface area contributed by atoms with Crippen molar-refractivity contribution in [2.75, 3.05) is 25.0 Å². The van der Waals surface area contributed by atoms with E-state index in [1.807, 2.05) is 44.3 Å². The second-order valence-corrected chi connectivity index (χ2v) is 6.33. The predicted octanol–water partition coefficient (Wildman–Crippen LogP) is 4.99. The first-order valence-electron chi connectivity index (χ1n) is 10.1. The van der Waals surface area contributed by atoms with E-state index in [0.717, 1.165) is 23.5 Å². The Morgan fingerprint density at radius 1 is 1.20 bits per heavy atom. The van der Waals surface area contributed by atoms with Crippen LogP contribution in [0.2, 0.25) is 0 Å². The van der Waals surface area contributed by atoms with Crippen LogP contribution in [-0.4, -0.2) is 35.8 Å². The Bertz CT molecular complexity index is 813. The summed E-state index contributed by atoms with van der Waals surface area (Å²) in [6.45, 7) is 13.3. The maximum atomic E-state index is 12.7. The summed E-state index contributed by atoms with van der Waals surface area (Å²) in [6, 6.07) is 5.08. The second-order valence-electron chi connectivity index (χ2n) is 6.33. The number of halogens is 3. The number of rotatable bonds is 4. The Morgan fingerprint density at radius 2 is 1.80 bits per heavy atom. The van der Waals surface area contributed by atoms with Gasteiger partial charge in [-0.1, -0.05) is 46.4 Å². The van der Waals surface area contributed by atoms with Crippen molar-refractivity contribution in [2.24, 2.45) is 5.92 Å². The molecular formula is C22H31F3N4O. The lowest BCUT2D eigenvalue weighted by Crippen LogP contribution is -2.41. The van der Waals surface area contributed by atoms with Crippen LogP contribution in [0.25, 0.3) is 11.1 Å².